The highest BCUT2D eigenvalue weighted by atomic mass is 16.5. The van der Waals surface area contributed by atoms with Gasteiger partial charge in [-0.25, -0.2) is 14.8 Å². The van der Waals surface area contributed by atoms with E-state index in [1.54, 1.807) is 0 Å². The maximum Gasteiger partial charge on any atom is 0.338 e. The number of aryl methyl sites for hydroxylation is 3. The number of carbonyl (C=O) groups excluding carboxylic acids is 1. The number of rotatable bonds is 10. The van der Waals surface area contributed by atoms with Crippen molar-refractivity contribution in [2.75, 3.05) is 6.61 Å². The van der Waals surface area contributed by atoms with Crippen molar-refractivity contribution in [3.8, 4) is 22.5 Å². The van der Waals surface area contributed by atoms with Gasteiger partial charge in [0.2, 0.25) is 0 Å². The third-order valence-electron chi connectivity index (χ3n) is 8.13. The summed E-state index contributed by atoms with van der Waals surface area (Å²) in [4.78, 5) is 22.9. The SMILES string of the molecule is CCCCOC(=O)c1ccccc1-c1ccc(Cn2c(CCC)nc3c(C)cc(-c4nc5ccccc5n4C)cc32)cc1. The van der Waals surface area contributed by atoms with Gasteiger partial charge >= 0.3 is 5.97 Å². The molecule has 0 aliphatic rings. The third-order valence-corrected chi connectivity index (χ3v) is 8.13. The topological polar surface area (TPSA) is 61.9 Å². The smallest absolute Gasteiger partial charge is 0.338 e. The first kappa shape index (κ1) is 28.4. The van der Waals surface area contributed by atoms with E-state index >= 15 is 0 Å². The Bertz CT molecular complexity index is 1910. The van der Waals surface area contributed by atoms with E-state index < -0.39 is 0 Å². The highest BCUT2D eigenvalue weighted by Crippen LogP contribution is 2.31. The minimum Gasteiger partial charge on any atom is -0.462 e. The summed E-state index contributed by atoms with van der Waals surface area (Å²) in [6.45, 7) is 7.57. The molecule has 2 aromatic heterocycles. The molecule has 0 amide bonds. The number of carbonyl (C=O) groups is 1. The van der Waals surface area contributed by atoms with Crippen molar-refractivity contribution in [2.24, 2.45) is 7.05 Å². The van der Waals surface area contributed by atoms with Crippen LogP contribution in [-0.4, -0.2) is 31.7 Å². The van der Waals surface area contributed by atoms with Crippen LogP contribution in [0.15, 0.2) is 84.9 Å². The lowest BCUT2D eigenvalue weighted by Crippen LogP contribution is -2.08. The molecule has 6 nitrogen and oxygen atoms in total. The van der Waals surface area contributed by atoms with Gasteiger partial charge in [0.1, 0.15) is 11.6 Å². The van der Waals surface area contributed by atoms with Gasteiger partial charge in [-0.05, 0) is 72.4 Å². The zero-order valence-electron chi connectivity index (χ0n) is 25.4. The number of ether oxygens (including phenoxy) is 1. The minimum atomic E-state index is -0.269. The van der Waals surface area contributed by atoms with E-state index in [2.05, 4.69) is 91.6 Å². The number of benzene rings is 4. The zero-order chi connectivity index (χ0) is 29.9. The first-order valence-corrected chi connectivity index (χ1v) is 15.3. The Morgan fingerprint density at radius 1 is 0.837 bits per heavy atom. The van der Waals surface area contributed by atoms with Gasteiger partial charge in [0.15, 0.2) is 0 Å². The number of imidazole rings is 2. The molecular weight excluding hydrogens is 532 g/mol. The Hall–Kier alpha value is -4.71. The molecule has 0 N–H and O–H groups in total. The number of esters is 1. The number of aromatic nitrogens is 4. The van der Waals surface area contributed by atoms with E-state index in [4.69, 9.17) is 14.7 Å². The van der Waals surface area contributed by atoms with E-state index in [1.807, 2.05) is 30.3 Å². The van der Waals surface area contributed by atoms with Crippen LogP contribution in [0.3, 0.4) is 0 Å². The Labute approximate surface area is 253 Å². The first-order chi connectivity index (χ1) is 21.0. The van der Waals surface area contributed by atoms with Gasteiger partial charge in [-0.15, -0.1) is 0 Å². The molecule has 2 heterocycles. The van der Waals surface area contributed by atoms with E-state index in [0.29, 0.717) is 18.7 Å². The number of fused-ring (bicyclic) bond motifs is 2. The van der Waals surface area contributed by atoms with E-state index in [9.17, 15) is 4.79 Å². The normalized spacial score (nSPS) is 11.4. The predicted molar refractivity (Wildman–Crippen MR) is 174 cm³/mol. The van der Waals surface area contributed by atoms with Crippen LogP contribution in [0.5, 0.6) is 0 Å². The summed E-state index contributed by atoms with van der Waals surface area (Å²) in [6.07, 6.45) is 3.78. The molecule has 0 spiro atoms. The summed E-state index contributed by atoms with van der Waals surface area (Å²) in [5.74, 6) is 1.77. The summed E-state index contributed by atoms with van der Waals surface area (Å²) in [5.41, 5.74) is 10.2. The van der Waals surface area contributed by atoms with Crippen LogP contribution in [0.25, 0.3) is 44.6 Å². The lowest BCUT2D eigenvalue weighted by atomic mass is 9.98. The molecule has 6 aromatic rings. The molecule has 4 aromatic carbocycles. The van der Waals surface area contributed by atoms with E-state index in [-0.39, 0.29) is 5.97 Å². The van der Waals surface area contributed by atoms with Crippen LogP contribution in [0.4, 0.5) is 0 Å². The number of nitrogens with zero attached hydrogens (tertiary/aromatic N) is 4. The van der Waals surface area contributed by atoms with Gasteiger partial charge in [-0.2, -0.15) is 0 Å². The molecule has 0 unspecified atom stereocenters. The molecule has 43 heavy (non-hydrogen) atoms. The Kier molecular flexibility index (Phi) is 8.10. The molecular formula is C37H38N4O2. The van der Waals surface area contributed by atoms with Gasteiger partial charge in [0, 0.05) is 25.6 Å². The van der Waals surface area contributed by atoms with Crippen LogP contribution in [0.1, 0.15) is 60.4 Å². The third kappa shape index (κ3) is 5.57. The van der Waals surface area contributed by atoms with Crippen LogP contribution < -0.4 is 0 Å². The van der Waals surface area contributed by atoms with Crippen LogP contribution in [-0.2, 0) is 24.8 Å². The van der Waals surface area contributed by atoms with Crippen molar-refractivity contribution in [3.63, 3.8) is 0 Å². The molecule has 0 radical (unpaired) electrons. The van der Waals surface area contributed by atoms with Gasteiger partial charge in [0.25, 0.3) is 0 Å². The van der Waals surface area contributed by atoms with Gasteiger partial charge < -0.3 is 13.9 Å². The van der Waals surface area contributed by atoms with Gasteiger partial charge in [-0.3, -0.25) is 0 Å². The van der Waals surface area contributed by atoms with Gasteiger partial charge in [-0.1, -0.05) is 74.9 Å². The zero-order valence-corrected chi connectivity index (χ0v) is 25.4. The molecule has 0 aliphatic carbocycles. The summed E-state index contributed by atoms with van der Waals surface area (Å²) in [6, 6.07) is 28.9. The lowest BCUT2D eigenvalue weighted by molar-refractivity contribution is 0.0500. The van der Waals surface area contributed by atoms with Crippen molar-refractivity contribution < 1.29 is 9.53 Å². The predicted octanol–water partition coefficient (Wildman–Crippen LogP) is 8.52. The fraction of sp³-hybridized carbons (Fsp3) is 0.270. The van der Waals surface area contributed by atoms with Crippen molar-refractivity contribution in [3.05, 3.63) is 107 Å². The van der Waals surface area contributed by atoms with E-state index in [1.165, 1.54) is 5.56 Å². The molecule has 0 aliphatic heterocycles. The van der Waals surface area contributed by atoms with Crippen molar-refractivity contribution in [1.29, 1.82) is 0 Å². The lowest BCUT2D eigenvalue weighted by Gasteiger charge is -2.13. The monoisotopic (exact) mass is 570 g/mol. The second-order valence-electron chi connectivity index (χ2n) is 11.2. The number of para-hydroxylation sites is 2. The van der Waals surface area contributed by atoms with Gasteiger partial charge in [0.05, 0.1) is 34.2 Å². The molecule has 6 rings (SSSR count). The first-order valence-electron chi connectivity index (χ1n) is 15.3. The number of hydrogen-bond donors (Lipinski definition) is 0. The van der Waals surface area contributed by atoms with Crippen molar-refractivity contribution >= 4 is 28.0 Å². The molecule has 6 heteroatoms. The summed E-state index contributed by atoms with van der Waals surface area (Å²) >= 11 is 0. The second kappa shape index (κ2) is 12.3. The fourth-order valence-corrected chi connectivity index (χ4v) is 5.84. The summed E-state index contributed by atoms with van der Waals surface area (Å²) in [7, 11) is 2.08. The summed E-state index contributed by atoms with van der Waals surface area (Å²) in [5, 5.41) is 0. The minimum absolute atomic E-state index is 0.269. The molecule has 0 bridgehead atoms. The molecule has 0 fully saturated rings. The van der Waals surface area contributed by atoms with Crippen LogP contribution in [0, 0.1) is 6.92 Å². The number of unbranched alkanes of at least 4 members (excludes halogenated alkanes) is 1. The largest absolute Gasteiger partial charge is 0.462 e. The maximum atomic E-state index is 12.8. The highest BCUT2D eigenvalue weighted by molar-refractivity contribution is 5.97. The van der Waals surface area contributed by atoms with Crippen LogP contribution >= 0.6 is 0 Å². The standard InChI is InChI=1S/C37H38N4O2/c1-5-7-21-43-37(42)30-14-9-8-13-29(30)27-19-17-26(18-20-27)24-41-33-23-28(22-25(3)35(33)39-34(41)12-6-2)36-38-31-15-10-11-16-32(31)40(36)4/h8-11,13-20,22-23H,5-7,12,21,24H2,1-4H3. The van der Waals surface area contributed by atoms with Crippen molar-refractivity contribution in [1.82, 2.24) is 19.1 Å². The fourth-order valence-electron chi connectivity index (χ4n) is 5.84. The average molecular weight is 571 g/mol. The molecule has 0 saturated heterocycles. The molecule has 0 saturated carbocycles. The van der Waals surface area contributed by atoms with Crippen molar-refractivity contribution in [2.45, 2.75) is 53.0 Å². The molecule has 218 valence electrons. The molecule has 0 atom stereocenters. The highest BCUT2D eigenvalue weighted by Gasteiger charge is 2.18. The Balaban J connectivity index is 1.35. The quantitative estimate of drug-likeness (QED) is 0.122. The second-order valence-corrected chi connectivity index (χ2v) is 11.2. The Morgan fingerprint density at radius 3 is 2.37 bits per heavy atom. The van der Waals surface area contributed by atoms with E-state index in [0.717, 1.165) is 81.7 Å². The average Bonchev–Trinajstić information content (AvgIpc) is 3.55. The number of hydrogen-bond acceptors (Lipinski definition) is 4. The van der Waals surface area contributed by atoms with Crippen LogP contribution in [0.2, 0.25) is 0 Å². The maximum absolute atomic E-state index is 12.8. The Morgan fingerprint density at radius 2 is 1.60 bits per heavy atom. The summed E-state index contributed by atoms with van der Waals surface area (Å²) < 4.78 is 10.0.